The van der Waals surface area contributed by atoms with Crippen molar-refractivity contribution in [3.8, 4) is 16.9 Å². The number of hydrogen-bond donors (Lipinski definition) is 0. The van der Waals surface area contributed by atoms with Crippen LogP contribution in [-0.4, -0.2) is 18.7 Å². The summed E-state index contributed by atoms with van der Waals surface area (Å²) in [5.74, 6) is 0.381. The van der Waals surface area contributed by atoms with Crippen LogP contribution < -0.4 is 4.74 Å². The Morgan fingerprint density at radius 3 is 2.33 bits per heavy atom. The highest BCUT2D eigenvalue weighted by Crippen LogP contribution is 2.30. The molecule has 0 unspecified atom stereocenters. The molecule has 3 nitrogen and oxygen atoms in total. The number of carbonyl (C=O) groups excluding carboxylic acids is 1. The molecule has 2 aromatic carbocycles. The van der Waals surface area contributed by atoms with Gasteiger partial charge in [-0.05, 0) is 25.0 Å². The predicted molar refractivity (Wildman–Crippen MR) is 83.2 cm³/mol. The third-order valence-electron chi connectivity index (χ3n) is 3.16. The van der Waals surface area contributed by atoms with Crippen LogP contribution in [0, 0.1) is 0 Å². The molecule has 0 fully saturated rings. The van der Waals surface area contributed by atoms with Gasteiger partial charge in [-0.2, -0.15) is 0 Å². The topological polar surface area (TPSA) is 35.5 Å². The zero-order valence-electron chi connectivity index (χ0n) is 12.4. The molecule has 0 spiro atoms. The summed E-state index contributed by atoms with van der Waals surface area (Å²) in [5, 5.41) is 0. The lowest BCUT2D eigenvalue weighted by Crippen LogP contribution is -2.28. The Morgan fingerprint density at radius 1 is 1.00 bits per heavy atom. The van der Waals surface area contributed by atoms with Crippen LogP contribution in [-0.2, 0) is 9.53 Å². The smallest absolute Gasteiger partial charge is 0.347 e. The number of hydrogen-bond acceptors (Lipinski definition) is 3. The van der Waals surface area contributed by atoms with Gasteiger partial charge >= 0.3 is 5.97 Å². The van der Waals surface area contributed by atoms with E-state index in [0.29, 0.717) is 18.8 Å². The summed E-state index contributed by atoms with van der Waals surface area (Å²) in [5.41, 5.74) is 2.03. The molecule has 0 aliphatic carbocycles. The van der Waals surface area contributed by atoms with Gasteiger partial charge in [-0.25, -0.2) is 4.79 Å². The van der Waals surface area contributed by atoms with Gasteiger partial charge in [0, 0.05) is 5.56 Å². The minimum atomic E-state index is -0.574. The Balaban J connectivity index is 2.26. The highest BCUT2D eigenvalue weighted by molar-refractivity contribution is 5.76. The van der Waals surface area contributed by atoms with E-state index in [1.54, 1.807) is 6.92 Å². The summed E-state index contributed by atoms with van der Waals surface area (Å²) in [7, 11) is 0. The summed E-state index contributed by atoms with van der Waals surface area (Å²) >= 11 is 0. The zero-order chi connectivity index (χ0) is 15.1. The SMILES string of the molecule is CCOC(=O)[C@H](CC)Oc1ccccc1-c1ccccc1. The number of benzene rings is 2. The molecule has 0 aliphatic rings. The van der Waals surface area contributed by atoms with Crippen LogP contribution in [0.5, 0.6) is 5.75 Å². The van der Waals surface area contributed by atoms with Crippen molar-refractivity contribution < 1.29 is 14.3 Å². The van der Waals surface area contributed by atoms with Crippen LogP contribution >= 0.6 is 0 Å². The van der Waals surface area contributed by atoms with Crippen molar-refractivity contribution in [2.24, 2.45) is 0 Å². The molecule has 0 aromatic heterocycles. The largest absolute Gasteiger partial charge is 0.478 e. The second-order valence-electron chi connectivity index (χ2n) is 4.63. The van der Waals surface area contributed by atoms with E-state index in [0.717, 1.165) is 11.1 Å². The van der Waals surface area contributed by atoms with E-state index < -0.39 is 6.10 Å². The van der Waals surface area contributed by atoms with Gasteiger partial charge in [-0.3, -0.25) is 0 Å². The van der Waals surface area contributed by atoms with Gasteiger partial charge in [0.2, 0.25) is 0 Å². The molecule has 2 rings (SSSR count). The first-order chi connectivity index (χ1) is 10.3. The van der Waals surface area contributed by atoms with Gasteiger partial charge in [-0.15, -0.1) is 0 Å². The lowest BCUT2D eigenvalue weighted by atomic mass is 10.0. The molecule has 2 aromatic rings. The molecule has 0 radical (unpaired) electrons. The van der Waals surface area contributed by atoms with Gasteiger partial charge < -0.3 is 9.47 Å². The molecule has 0 heterocycles. The maximum atomic E-state index is 11.9. The Kier molecular flexibility index (Phi) is 5.38. The van der Waals surface area contributed by atoms with Crippen molar-refractivity contribution in [3.05, 3.63) is 54.6 Å². The minimum absolute atomic E-state index is 0.317. The van der Waals surface area contributed by atoms with Crippen LogP contribution in [0.4, 0.5) is 0 Å². The quantitative estimate of drug-likeness (QED) is 0.750. The number of ether oxygens (including phenoxy) is 2. The third-order valence-corrected chi connectivity index (χ3v) is 3.16. The maximum absolute atomic E-state index is 11.9. The van der Waals surface area contributed by atoms with Crippen molar-refractivity contribution in [1.29, 1.82) is 0 Å². The van der Waals surface area contributed by atoms with Gasteiger partial charge in [0.25, 0.3) is 0 Å². The molecular weight excluding hydrogens is 264 g/mol. The van der Waals surface area contributed by atoms with Crippen molar-refractivity contribution >= 4 is 5.97 Å². The van der Waals surface area contributed by atoms with Gasteiger partial charge in [0.1, 0.15) is 5.75 Å². The summed E-state index contributed by atoms with van der Waals surface area (Å²) in [4.78, 5) is 11.9. The van der Waals surface area contributed by atoms with E-state index in [1.165, 1.54) is 0 Å². The van der Waals surface area contributed by atoms with Crippen molar-refractivity contribution in [3.63, 3.8) is 0 Å². The van der Waals surface area contributed by atoms with E-state index in [2.05, 4.69) is 0 Å². The van der Waals surface area contributed by atoms with E-state index >= 15 is 0 Å². The third kappa shape index (κ3) is 3.85. The molecule has 3 heteroatoms. The number of carbonyl (C=O) groups is 1. The predicted octanol–water partition coefficient (Wildman–Crippen LogP) is 4.07. The molecular formula is C18H20O3. The van der Waals surface area contributed by atoms with E-state index in [9.17, 15) is 4.79 Å². The number of esters is 1. The van der Waals surface area contributed by atoms with E-state index in [1.807, 2.05) is 61.5 Å². The highest BCUT2D eigenvalue weighted by atomic mass is 16.6. The van der Waals surface area contributed by atoms with Gasteiger partial charge in [0.15, 0.2) is 6.10 Å². The van der Waals surface area contributed by atoms with Crippen molar-refractivity contribution in [1.82, 2.24) is 0 Å². The normalized spacial score (nSPS) is 11.7. The first kappa shape index (κ1) is 15.1. The summed E-state index contributed by atoms with van der Waals surface area (Å²) in [6, 6.07) is 17.7. The number of para-hydroxylation sites is 1. The van der Waals surface area contributed by atoms with E-state index in [-0.39, 0.29) is 5.97 Å². The fourth-order valence-corrected chi connectivity index (χ4v) is 2.11. The fraction of sp³-hybridized carbons (Fsp3) is 0.278. The molecule has 0 saturated heterocycles. The molecule has 0 bridgehead atoms. The molecule has 0 amide bonds. The van der Waals surface area contributed by atoms with Crippen molar-refractivity contribution in [2.75, 3.05) is 6.61 Å². The Hall–Kier alpha value is -2.29. The van der Waals surface area contributed by atoms with Gasteiger partial charge in [-0.1, -0.05) is 55.5 Å². The zero-order valence-corrected chi connectivity index (χ0v) is 12.4. The molecule has 1 atom stereocenters. The molecule has 0 N–H and O–H groups in total. The Labute approximate surface area is 125 Å². The molecule has 0 saturated carbocycles. The van der Waals surface area contributed by atoms with Crippen LogP contribution in [0.3, 0.4) is 0 Å². The average molecular weight is 284 g/mol. The standard InChI is InChI=1S/C18H20O3/c1-3-16(18(19)20-4-2)21-17-13-9-8-12-15(17)14-10-6-5-7-11-14/h5-13,16H,3-4H2,1-2H3/t16-/m0/s1. The lowest BCUT2D eigenvalue weighted by Gasteiger charge is -2.18. The van der Waals surface area contributed by atoms with Crippen LogP contribution in [0.15, 0.2) is 54.6 Å². The fourth-order valence-electron chi connectivity index (χ4n) is 2.11. The first-order valence-corrected chi connectivity index (χ1v) is 7.24. The second kappa shape index (κ2) is 7.48. The second-order valence-corrected chi connectivity index (χ2v) is 4.63. The minimum Gasteiger partial charge on any atom is -0.478 e. The number of rotatable bonds is 6. The lowest BCUT2D eigenvalue weighted by molar-refractivity contribution is -0.151. The Morgan fingerprint density at radius 2 is 1.67 bits per heavy atom. The Bertz CT molecular complexity index is 578. The molecule has 21 heavy (non-hydrogen) atoms. The summed E-state index contributed by atoms with van der Waals surface area (Å²) in [6.07, 6.45) is -0.00286. The van der Waals surface area contributed by atoms with Crippen LogP contribution in [0.2, 0.25) is 0 Å². The van der Waals surface area contributed by atoms with Crippen molar-refractivity contribution in [2.45, 2.75) is 26.4 Å². The average Bonchev–Trinajstić information content (AvgIpc) is 2.54. The van der Waals surface area contributed by atoms with Gasteiger partial charge in [0.05, 0.1) is 6.61 Å². The summed E-state index contributed by atoms with van der Waals surface area (Å²) in [6.45, 7) is 4.06. The molecule has 110 valence electrons. The first-order valence-electron chi connectivity index (χ1n) is 7.24. The summed E-state index contributed by atoms with van der Waals surface area (Å²) < 4.78 is 10.9. The van der Waals surface area contributed by atoms with Crippen LogP contribution in [0.25, 0.3) is 11.1 Å². The maximum Gasteiger partial charge on any atom is 0.347 e. The monoisotopic (exact) mass is 284 g/mol. The van der Waals surface area contributed by atoms with Crippen LogP contribution in [0.1, 0.15) is 20.3 Å². The molecule has 0 aliphatic heterocycles. The highest BCUT2D eigenvalue weighted by Gasteiger charge is 2.20. The van der Waals surface area contributed by atoms with E-state index in [4.69, 9.17) is 9.47 Å².